The number of ether oxygens (including phenoxy) is 1. The van der Waals surface area contributed by atoms with E-state index in [1.165, 1.54) is 6.92 Å². The second-order valence-corrected chi connectivity index (χ2v) is 7.16. The predicted molar refractivity (Wildman–Crippen MR) is 75.8 cm³/mol. The lowest BCUT2D eigenvalue weighted by Crippen LogP contribution is -2.39. The molecule has 0 spiro atoms. The van der Waals surface area contributed by atoms with Crippen molar-refractivity contribution in [2.24, 2.45) is 5.41 Å². The fourth-order valence-corrected chi connectivity index (χ4v) is 1.67. The van der Waals surface area contributed by atoms with E-state index in [-0.39, 0.29) is 6.42 Å². The molecule has 19 heavy (non-hydrogen) atoms. The fraction of sp³-hybridized carbons (Fsp3) is 0.833. The molecular weight excluding hydrogens is 314 g/mol. The number of hydrogen-bond donors (Lipinski definition) is 1. The number of alkyl halides is 3. The van der Waals surface area contributed by atoms with Gasteiger partial charge in [0.25, 0.3) is 0 Å². The Bertz CT molecular complexity index is 315. The Morgan fingerprint density at radius 2 is 1.74 bits per heavy atom. The summed E-state index contributed by atoms with van der Waals surface area (Å²) in [6.07, 6.45) is 3.75. The quantitative estimate of drug-likeness (QED) is 0.316. The average molecular weight is 334 g/mol. The van der Waals surface area contributed by atoms with Gasteiger partial charge in [0.15, 0.2) is 5.41 Å². The van der Waals surface area contributed by atoms with E-state index in [9.17, 15) is 14.7 Å². The van der Waals surface area contributed by atoms with Gasteiger partial charge in [0.2, 0.25) is 3.79 Å². The Labute approximate surface area is 128 Å². The maximum absolute atomic E-state index is 11.8. The van der Waals surface area contributed by atoms with Crippen molar-refractivity contribution < 1.29 is 19.4 Å². The molecule has 1 atom stereocenters. The summed E-state index contributed by atoms with van der Waals surface area (Å²) in [6.45, 7) is 2.92. The number of aliphatic carboxylic acids is 1. The van der Waals surface area contributed by atoms with Gasteiger partial charge in [-0.2, -0.15) is 0 Å². The van der Waals surface area contributed by atoms with Crippen molar-refractivity contribution in [1.82, 2.24) is 0 Å². The van der Waals surface area contributed by atoms with Crippen LogP contribution in [-0.2, 0) is 14.3 Å². The number of carbonyl (C=O) groups excluding carboxylic acids is 1. The largest absolute Gasteiger partial charge is 0.480 e. The molecular formula is C12H19Cl3O4. The van der Waals surface area contributed by atoms with Gasteiger partial charge in [0.05, 0.1) is 0 Å². The number of carboxylic acid groups (broad SMARTS) is 1. The molecule has 0 aromatic carbocycles. The zero-order valence-electron chi connectivity index (χ0n) is 11.0. The van der Waals surface area contributed by atoms with Crippen LogP contribution < -0.4 is 0 Å². The molecule has 0 fully saturated rings. The van der Waals surface area contributed by atoms with E-state index in [2.05, 4.69) is 0 Å². The van der Waals surface area contributed by atoms with Crippen molar-refractivity contribution in [2.45, 2.75) is 49.7 Å². The van der Waals surface area contributed by atoms with Crippen molar-refractivity contribution in [3.05, 3.63) is 0 Å². The third-order valence-corrected chi connectivity index (χ3v) is 3.15. The van der Waals surface area contributed by atoms with Crippen molar-refractivity contribution in [3.8, 4) is 0 Å². The van der Waals surface area contributed by atoms with Crippen LogP contribution in [0.15, 0.2) is 0 Å². The summed E-state index contributed by atoms with van der Waals surface area (Å²) in [7, 11) is 0. The smallest absolute Gasteiger partial charge is 0.323 e. The van der Waals surface area contributed by atoms with Gasteiger partial charge in [0, 0.05) is 0 Å². The van der Waals surface area contributed by atoms with E-state index < -0.39 is 27.8 Å². The van der Waals surface area contributed by atoms with Crippen molar-refractivity contribution in [1.29, 1.82) is 0 Å². The van der Waals surface area contributed by atoms with Crippen LogP contribution in [0.4, 0.5) is 0 Å². The minimum Gasteiger partial charge on any atom is -0.480 e. The monoisotopic (exact) mass is 332 g/mol. The maximum Gasteiger partial charge on any atom is 0.323 e. The number of unbranched alkanes of at least 4 members (excludes halogenated alkanes) is 3. The highest BCUT2D eigenvalue weighted by Gasteiger charge is 2.43. The van der Waals surface area contributed by atoms with Gasteiger partial charge in [-0.15, -0.1) is 0 Å². The molecule has 0 radical (unpaired) electrons. The summed E-state index contributed by atoms with van der Waals surface area (Å²) >= 11 is 16.4. The molecule has 0 aromatic rings. The summed E-state index contributed by atoms with van der Waals surface area (Å²) in [6, 6.07) is 0. The second kappa shape index (κ2) is 8.18. The molecule has 1 N–H and O–H groups in total. The summed E-state index contributed by atoms with van der Waals surface area (Å²) in [5.41, 5.74) is -1.59. The third-order valence-electron chi connectivity index (χ3n) is 2.82. The number of carboxylic acids is 1. The van der Waals surface area contributed by atoms with Crippen LogP contribution in [-0.4, -0.2) is 27.4 Å². The van der Waals surface area contributed by atoms with Crippen LogP contribution >= 0.6 is 34.8 Å². The molecule has 4 nitrogen and oxygen atoms in total. The summed E-state index contributed by atoms with van der Waals surface area (Å²) < 4.78 is 3.04. The molecule has 0 saturated heterocycles. The van der Waals surface area contributed by atoms with Gasteiger partial charge in [-0.05, 0) is 13.3 Å². The van der Waals surface area contributed by atoms with Crippen LogP contribution in [0.3, 0.4) is 0 Å². The Hall–Kier alpha value is -0.190. The number of esters is 1. The SMILES string of the molecule is CCCCCC[C@](C)(C(=O)O)C(=O)OCC(Cl)(Cl)Cl. The van der Waals surface area contributed by atoms with E-state index in [1.54, 1.807) is 0 Å². The lowest BCUT2D eigenvalue weighted by molar-refractivity contribution is -0.168. The highest BCUT2D eigenvalue weighted by atomic mass is 35.6. The van der Waals surface area contributed by atoms with Crippen molar-refractivity contribution in [2.75, 3.05) is 6.61 Å². The van der Waals surface area contributed by atoms with Gasteiger partial charge >= 0.3 is 11.9 Å². The molecule has 0 rings (SSSR count). The van der Waals surface area contributed by atoms with Crippen LogP contribution in [0.2, 0.25) is 0 Å². The first kappa shape index (κ1) is 18.8. The lowest BCUT2D eigenvalue weighted by Gasteiger charge is -2.23. The molecule has 0 aliphatic rings. The Balaban J connectivity index is 4.51. The highest BCUT2D eigenvalue weighted by Crippen LogP contribution is 2.30. The molecule has 0 unspecified atom stereocenters. The van der Waals surface area contributed by atoms with E-state index in [0.717, 1.165) is 19.3 Å². The molecule has 0 aliphatic carbocycles. The van der Waals surface area contributed by atoms with Crippen LogP contribution in [0.5, 0.6) is 0 Å². The second-order valence-electron chi connectivity index (χ2n) is 4.64. The summed E-state index contributed by atoms with van der Waals surface area (Å²) in [5, 5.41) is 9.19. The first-order chi connectivity index (χ1) is 8.63. The molecule has 0 aromatic heterocycles. The fourth-order valence-electron chi connectivity index (χ4n) is 1.51. The number of carbonyl (C=O) groups is 2. The Kier molecular flexibility index (Phi) is 8.09. The molecule has 0 heterocycles. The maximum atomic E-state index is 11.8. The first-order valence-corrected chi connectivity index (χ1v) is 7.24. The van der Waals surface area contributed by atoms with Gasteiger partial charge in [-0.3, -0.25) is 9.59 Å². The van der Waals surface area contributed by atoms with Crippen LogP contribution in [0.1, 0.15) is 46.0 Å². The van der Waals surface area contributed by atoms with E-state index in [4.69, 9.17) is 39.5 Å². The van der Waals surface area contributed by atoms with E-state index in [1.807, 2.05) is 6.92 Å². The standard InChI is InChI=1S/C12H19Cl3O4/c1-3-4-5-6-7-11(2,9(16)17)10(18)19-8-12(13,14)15/h3-8H2,1-2H3,(H,16,17)/t11-/m1/s1. The Morgan fingerprint density at radius 1 is 1.16 bits per heavy atom. The van der Waals surface area contributed by atoms with E-state index in [0.29, 0.717) is 6.42 Å². The first-order valence-electron chi connectivity index (χ1n) is 6.11. The molecule has 7 heteroatoms. The molecule has 0 saturated carbocycles. The summed E-state index contributed by atoms with van der Waals surface area (Å²) in [4.78, 5) is 23.1. The zero-order valence-corrected chi connectivity index (χ0v) is 13.3. The van der Waals surface area contributed by atoms with Crippen LogP contribution in [0, 0.1) is 5.41 Å². The number of hydrogen-bond acceptors (Lipinski definition) is 3. The molecule has 112 valence electrons. The number of halogens is 3. The molecule has 0 bridgehead atoms. The summed E-state index contributed by atoms with van der Waals surface area (Å²) in [5.74, 6) is -2.10. The minimum absolute atomic E-state index is 0.209. The van der Waals surface area contributed by atoms with Gasteiger partial charge in [0.1, 0.15) is 6.61 Å². The van der Waals surface area contributed by atoms with Gasteiger partial charge < -0.3 is 9.84 Å². The van der Waals surface area contributed by atoms with Crippen molar-refractivity contribution in [3.63, 3.8) is 0 Å². The van der Waals surface area contributed by atoms with Crippen LogP contribution in [0.25, 0.3) is 0 Å². The molecule has 0 aliphatic heterocycles. The highest BCUT2D eigenvalue weighted by molar-refractivity contribution is 6.67. The normalized spacial score (nSPS) is 14.8. The van der Waals surface area contributed by atoms with Crippen molar-refractivity contribution >= 4 is 46.7 Å². The van der Waals surface area contributed by atoms with E-state index >= 15 is 0 Å². The average Bonchev–Trinajstić information content (AvgIpc) is 2.30. The Morgan fingerprint density at radius 3 is 2.16 bits per heavy atom. The topological polar surface area (TPSA) is 63.6 Å². The number of rotatable bonds is 8. The lowest BCUT2D eigenvalue weighted by atomic mass is 9.84. The predicted octanol–water partition coefficient (Wildman–Crippen LogP) is 3.96. The zero-order chi connectivity index (χ0) is 15.1. The van der Waals surface area contributed by atoms with Gasteiger partial charge in [-0.1, -0.05) is 67.4 Å². The molecule has 0 amide bonds. The minimum atomic E-state index is -1.74. The van der Waals surface area contributed by atoms with Gasteiger partial charge in [-0.25, -0.2) is 0 Å². The third kappa shape index (κ3) is 7.23.